The second-order valence-electron chi connectivity index (χ2n) is 3.02. The zero-order valence-electron chi connectivity index (χ0n) is 7.54. The monoisotopic (exact) mass is 308 g/mol. The van der Waals surface area contributed by atoms with Crippen LogP contribution in [0.1, 0.15) is 5.56 Å². The van der Waals surface area contributed by atoms with Gasteiger partial charge < -0.3 is 9.47 Å². The SMILES string of the molecule is Clc1ccc(C2(CBr)OC=CO2)c(Cl)c1. The van der Waals surface area contributed by atoms with E-state index < -0.39 is 5.79 Å². The van der Waals surface area contributed by atoms with Gasteiger partial charge in [-0.1, -0.05) is 39.1 Å². The van der Waals surface area contributed by atoms with Crippen LogP contribution in [-0.4, -0.2) is 5.33 Å². The predicted molar refractivity (Wildman–Crippen MR) is 63.2 cm³/mol. The van der Waals surface area contributed by atoms with Crippen molar-refractivity contribution in [3.63, 3.8) is 0 Å². The first-order valence-electron chi connectivity index (χ1n) is 4.20. The predicted octanol–water partition coefficient (Wildman–Crippen LogP) is 4.06. The van der Waals surface area contributed by atoms with Gasteiger partial charge in [-0.2, -0.15) is 0 Å². The molecule has 2 nitrogen and oxygen atoms in total. The van der Waals surface area contributed by atoms with E-state index in [1.807, 2.05) is 0 Å². The number of ether oxygens (including phenoxy) is 2. The normalized spacial score (nSPS) is 17.3. The maximum absolute atomic E-state index is 6.08. The Labute approximate surface area is 106 Å². The summed E-state index contributed by atoms with van der Waals surface area (Å²) in [6, 6.07) is 5.20. The Bertz CT molecular complexity index is 398. The third-order valence-electron chi connectivity index (χ3n) is 2.09. The Morgan fingerprint density at radius 3 is 2.40 bits per heavy atom. The minimum Gasteiger partial charge on any atom is -0.452 e. The topological polar surface area (TPSA) is 18.5 Å². The van der Waals surface area contributed by atoms with Crippen molar-refractivity contribution in [2.24, 2.45) is 0 Å². The summed E-state index contributed by atoms with van der Waals surface area (Å²) in [7, 11) is 0. The van der Waals surface area contributed by atoms with E-state index in [2.05, 4.69) is 15.9 Å². The molecule has 0 bridgehead atoms. The first-order chi connectivity index (χ1) is 7.18. The fraction of sp³-hybridized carbons (Fsp3) is 0.200. The molecule has 1 aromatic rings. The molecular formula is C10H7BrCl2O2. The Balaban J connectivity index is 2.43. The van der Waals surface area contributed by atoms with Crippen LogP contribution in [0.25, 0.3) is 0 Å². The van der Waals surface area contributed by atoms with Gasteiger partial charge in [-0.05, 0) is 18.2 Å². The molecule has 15 heavy (non-hydrogen) atoms. The Morgan fingerprint density at radius 2 is 1.87 bits per heavy atom. The molecule has 0 aliphatic carbocycles. The van der Waals surface area contributed by atoms with Gasteiger partial charge >= 0.3 is 0 Å². The molecule has 5 heteroatoms. The van der Waals surface area contributed by atoms with Gasteiger partial charge in [-0.25, -0.2) is 0 Å². The van der Waals surface area contributed by atoms with Crippen molar-refractivity contribution in [1.29, 1.82) is 0 Å². The van der Waals surface area contributed by atoms with Crippen molar-refractivity contribution in [3.8, 4) is 0 Å². The Morgan fingerprint density at radius 1 is 1.20 bits per heavy atom. The standard InChI is InChI=1S/C10H7BrCl2O2/c11-6-10(14-3-4-15-10)8-2-1-7(12)5-9(8)13/h1-5H,6H2. The smallest absolute Gasteiger partial charge is 0.287 e. The fourth-order valence-corrected chi connectivity index (χ4v) is 2.48. The molecule has 1 heterocycles. The number of halogens is 3. The van der Waals surface area contributed by atoms with Crippen molar-refractivity contribution in [1.82, 2.24) is 0 Å². The van der Waals surface area contributed by atoms with Gasteiger partial charge in [0.05, 0.1) is 15.9 Å². The molecule has 80 valence electrons. The lowest BCUT2D eigenvalue weighted by molar-refractivity contribution is -0.127. The van der Waals surface area contributed by atoms with Crippen molar-refractivity contribution < 1.29 is 9.47 Å². The van der Waals surface area contributed by atoms with E-state index in [0.29, 0.717) is 15.4 Å². The van der Waals surface area contributed by atoms with Crippen LogP contribution in [0.5, 0.6) is 0 Å². The number of alkyl halides is 1. The molecule has 0 amide bonds. The zero-order chi connectivity index (χ0) is 10.9. The summed E-state index contributed by atoms with van der Waals surface area (Å²) in [6.45, 7) is 0. The van der Waals surface area contributed by atoms with E-state index in [0.717, 1.165) is 5.56 Å². The van der Waals surface area contributed by atoms with Gasteiger partial charge in [0.25, 0.3) is 5.79 Å². The summed E-state index contributed by atoms with van der Waals surface area (Å²) in [5, 5.41) is 1.58. The molecule has 2 rings (SSSR count). The second kappa shape index (κ2) is 4.24. The van der Waals surface area contributed by atoms with Crippen LogP contribution in [0.2, 0.25) is 10.0 Å². The average Bonchev–Trinajstić information content (AvgIpc) is 2.67. The van der Waals surface area contributed by atoms with Crippen LogP contribution >= 0.6 is 39.1 Å². The van der Waals surface area contributed by atoms with Crippen LogP contribution in [-0.2, 0) is 15.3 Å². The largest absolute Gasteiger partial charge is 0.452 e. The summed E-state index contributed by atoms with van der Waals surface area (Å²) in [4.78, 5) is 0. The van der Waals surface area contributed by atoms with Gasteiger partial charge in [0.2, 0.25) is 0 Å². The summed E-state index contributed by atoms with van der Waals surface area (Å²) in [5.41, 5.74) is 0.746. The molecule has 1 aliphatic heterocycles. The summed E-state index contributed by atoms with van der Waals surface area (Å²) in [5.74, 6) is -0.873. The summed E-state index contributed by atoms with van der Waals surface area (Å²) in [6.07, 6.45) is 2.98. The molecule has 0 spiro atoms. The van der Waals surface area contributed by atoms with Crippen LogP contribution in [0.15, 0.2) is 30.7 Å². The van der Waals surface area contributed by atoms with E-state index >= 15 is 0 Å². The van der Waals surface area contributed by atoms with Crippen molar-refractivity contribution in [3.05, 3.63) is 46.3 Å². The van der Waals surface area contributed by atoms with Crippen molar-refractivity contribution in [2.45, 2.75) is 5.79 Å². The summed E-state index contributed by atoms with van der Waals surface area (Å²) >= 11 is 15.2. The molecular weight excluding hydrogens is 303 g/mol. The van der Waals surface area contributed by atoms with Gasteiger partial charge in [-0.3, -0.25) is 0 Å². The van der Waals surface area contributed by atoms with Gasteiger partial charge in [0, 0.05) is 5.02 Å². The molecule has 0 N–H and O–H groups in total. The van der Waals surface area contributed by atoms with E-state index in [9.17, 15) is 0 Å². The van der Waals surface area contributed by atoms with Crippen LogP contribution in [0.4, 0.5) is 0 Å². The molecule has 1 aliphatic rings. The molecule has 0 atom stereocenters. The number of benzene rings is 1. The van der Waals surface area contributed by atoms with Crippen LogP contribution in [0, 0.1) is 0 Å². The molecule has 1 aromatic carbocycles. The number of hydrogen-bond acceptors (Lipinski definition) is 2. The first kappa shape index (κ1) is 11.1. The highest BCUT2D eigenvalue weighted by Crippen LogP contribution is 2.38. The molecule has 0 unspecified atom stereocenters. The van der Waals surface area contributed by atoms with Crippen LogP contribution < -0.4 is 0 Å². The third-order valence-corrected chi connectivity index (χ3v) is 3.38. The molecule has 0 fully saturated rings. The van der Waals surface area contributed by atoms with E-state index in [-0.39, 0.29) is 0 Å². The Hall–Kier alpha value is -0.380. The number of hydrogen-bond donors (Lipinski definition) is 0. The average molecular weight is 310 g/mol. The number of rotatable bonds is 2. The molecule has 0 aromatic heterocycles. The highest BCUT2D eigenvalue weighted by Gasteiger charge is 2.38. The zero-order valence-corrected chi connectivity index (χ0v) is 10.6. The lowest BCUT2D eigenvalue weighted by atomic mass is 10.1. The molecule has 0 radical (unpaired) electrons. The minimum atomic E-state index is -0.873. The Kier molecular flexibility index (Phi) is 3.14. The van der Waals surface area contributed by atoms with Crippen LogP contribution in [0.3, 0.4) is 0 Å². The maximum atomic E-state index is 6.08. The first-order valence-corrected chi connectivity index (χ1v) is 6.08. The lowest BCUT2D eigenvalue weighted by Gasteiger charge is -2.26. The van der Waals surface area contributed by atoms with Gasteiger partial charge in [0.1, 0.15) is 12.5 Å². The minimum absolute atomic E-state index is 0.481. The maximum Gasteiger partial charge on any atom is 0.287 e. The van der Waals surface area contributed by atoms with E-state index in [1.54, 1.807) is 18.2 Å². The second-order valence-corrected chi connectivity index (χ2v) is 4.42. The quantitative estimate of drug-likeness (QED) is 0.767. The lowest BCUT2D eigenvalue weighted by Crippen LogP contribution is -2.29. The van der Waals surface area contributed by atoms with E-state index in [1.165, 1.54) is 12.5 Å². The van der Waals surface area contributed by atoms with Crippen molar-refractivity contribution >= 4 is 39.1 Å². The molecule has 0 saturated heterocycles. The third kappa shape index (κ3) is 1.96. The molecule has 0 saturated carbocycles. The highest BCUT2D eigenvalue weighted by molar-refractivity contribution is 9.09. The summed E-state index contributed by atoms with van der Waals surface area (Å²) < 4.78 is 10.8. The highest BCUT2D eigenvalue weighted by atomic mass is 79.9. The van der Waals surface area contributed by atoms with Gasteiger partial charge in [0.15, 0.2) is 0 Å². The van der Waals surface area contributed by atoms with E-state index in [4.69, 9.17) is 32.7 Å². The van der Waals surface area contributed by atoms with Crippen molar-refractivity contribution in [2.75, 3.05) is 5.33 Å². The van der Waals surface area contributed by atoms with Gasteiger partial charge in [-0.15, -0.1) is 0 Å². The fourth-order valence-electron chi connectivity index (χ4n) is 1.36.